The Morgan fingerprint density at radius 3 is 2.42 bits per heavy atom. The van der Waals surface area contributed by atoms with Crippen LogP contribution in [0.15, 0.2) is 28.7 Å². The zero-order valence-corrected chi connectivity index (χ0v) is 13.5. The van der Waals surface area contributed by atoms with Crippen LogP contribution in [0.4, 0.5) is 8.78 Å². The molecule has 0 bridgehead atoms. The molecule has 24 heavy (non-hydrogen) atoms. The van der Waals surface area contributed by atoms with Crippen molar-refractivity contribution in [3.05, 3.63) is 58.5 Å². The van der Waals surface area contributed by atoms with Gasteiger partial charge in [0.05, 0.1) is 6.04 Å². The van der Waals surface area contributed by atoms with E-state index in [9.17, 15) is 18.4 Å². The summed E-state index contributed by atoms with van der Waals surface area (Å²) in [7, 11) is 1.48. The molecule has 1 unspecified atom stereocenters. The Balaban J connectivity index is 2.28. The van der Waals surface area contributed by atoms with Crippen molar-refractivity contribution in [3.63, 3.8) is 0 Å². The number of benzene rings is 1. The first kappa shape index (κ1) is 17.7. The summed E-state index contributed by atoms with van der Waals surface area (Å²) in [5, 5.41) is 9.11. The van der Waals surface area contributed by atoms with Crippen molar-refractivity contribution in [2.45, 2.75) is 26.3 Å². The standard InChI is InChI=1S/C17H17F2NO4/c1-4-14-11(17(22)23)8-15(24-14)16(21)20(3)9(2)10-5-6-12(18)13(19)7-10/h5-9H,4H2,1-3H3,(H,22,23). The average molecular weight is 337 g/mol. The van der Waals surface area contributed by atoms with E-state index in [0.717, 1.165) is 12.1 Å². The molecular weight excluding hydrogens is 320 g/mol. The number of furan rings is 1. The van der Waals surface area contributed by atoms with E-state index >= 15 is 0 Å². The molecular formula is C17H17F2NO4. The molecule has 0 aliphatic rings. The predicted octanol–water partition coefficient (Wildman–Crippen LogP) is 3.65. The van der Waals surface area contributed by atoms with Gasteiger partial charge in [-0.25, -0.2) is 13.6 Å². The van der Waals surface area contributed by atoms with E-state index in [4.69, 9.17) is 9.52 Å². The Morgan fingerprint density at radius 1 is 1.25 bits per heavy atom. The highest BCUT2D eigenvalue weighted by Gasteiger charge is 2.25. The van der Waals surface area contributed by atoms with Gasteiger partial charge in [-0.2, -0.15) is 0 Å². The Hall–Kier alpha value is -2.70. The molecule has 2 rings (SSSR count). The van der Waals surface area contributed by atoms with Crippen LogP contribution in [0.25, 0.3) is 0 Å². The summed E-state index contributed by atoms with van der Waals surface area (Å²) in [6, 6.07) is 4.01. The Morgan fingerprint density at radius 2 is 1.92 bits per heavy atom. The number of rotatable bonds is 5. The highest BCUT2D eigenvalue weighted by molar-refractivity contribution is 5.96. The smallest absolute Gasteiger partial charge is 0.339 e. The minimum atomic E-state index is -1.18. The maximum absolute atomic E-state index is 13.4. The first-order valence-electron chi connectivity index (χ1n) is 7.34. The monoisotopic (exact) mass is 337 g/mol. The molecule has 5 nitrogen and oxygen atoms in total. The molecule has 1 N–H and O–H groups in total. The van der Waals surface area contributed by atoms with E-state index in [-0.39, 0.29) is 17.1 Å². The molecule has 0 aliphatic carbocycles. The Labute approximate surface area is 137 Å². The number of hydrogen-bond donors (Lipinski definition) is 1. The number of nitrogens with zero attached hydrogens (tertiary/aromatic N) is 1. The molecule has 1 amide bonds. The van der Waals surface area contributed by atoms with E-state index in [0.29, 0.717) is 12.0 Å². The zero-order chi connectivity index (χ0) is 18.0. The fourth-order valence-electron chi connectivity index (χ4n) is 2.32. The molecule has 0 aliphatic heterocycles. The minimum absolute atomic E-state index is 0.0604. The number of aromatic carboxylic acids is 1. The van der Waals surface area contributed by atoms with Gasteiger partial charge in [-0.3, -0.25) is 4.79 Å². The maximum atomic E-state index is 13.4. The topological polar surface area (TPSA) is 70.8 Å². The van der Waals surface area contributed by atoms with Crippen molar-refractivity contribution < 1.29 is 27.9 Å². The van der Waals surface area contributed by atoms with E-state index in [1.54, 1.807) is 13.8 Å². The molecule has 0 spiro atoms. The number of carboxylic acid groups (broad SMARTS) is 1. The van der Waals surface area contributed by atoms with Crippen LogP contribution in [0.3, 0.4) is 0 Å². The van der Waals surface area contributed by atoms with Crippen LogP contribution in [0, 0.1) is 11.6 Å². The fraction of sp³-hybridized carbons (Fsp3) is 0.294. The number of amides is 1. The Bertz CT molecular complexity index is 785. The van der Waals surface area contributed by atoms with Crippen LogP contribution in [-0.4, -0.2) is 28.9 Å². The van der Waals surface area contributed by atoms with Crippen molar-refractivity contribution >= 4 is 11.9 Å². The third-order valence-electron chi connectivity index (χ3n) is 3.90. The van der Waals surface area contributed by atoms with Crippen LogP contribution < -0.4 is 0 Å². The van der Waals surface area contributed by atoms with Gasteiger partial charge in [0.15, 0.2) is 17.4 Å². The van der Waals surface area contributed by atoms with Crippen molar-refractivity contribution in [3.8, 4) is 0 Å². The van der Waals surface area contributed by atoms with Crippen molar-refractivity contribution in [1.82, 2.24) is 4.90 Å². The molecule has 1 heterocycles. The number of aryl methyl sites for hydroxylation is 1. The summed E-state index contributed by atoms with van der Waals surface area (Å²) in [5.41, 5.74) is 0.347. The van der Waals surface area contributed by atoms with Crippen molar-refractivity contribution in [1.29, 1.82) is 0 Å². The first-order valence-corrected chi connectivity index (χ1v) is 7.34. The summed E-state index contributed by atoms with van der Waals surface area (Å²) >= 11 is 0. The van der Waals surface area contributed by atoms with Gasteiger partial charge in [-0.1, -0.05) is 13.0 Å². The Kier molecular flexibility index (Phi) is 5.02. The van der Waals surface area contributed by atoms with Crippen LogP contribution in [-0.2, 0) is 6.42 Å². The molecule has 128 valence electrons. The first-order chi connectivity index (χ1) is 11.3. The summed E-state index contributed by atoms with van der Waals surface area (Å²) in [6.07, 6.45) is 0.331. The second-order valence-corrected chi connectivity index (χ2v) is 5.37. The van der Waals surface area contributed by atoms with Crippen LogP contribution in [0.5, 0.6) is 0 Å². The molecule has 1 atom stereocenters. The number of carboxylic acids is 1. The molecule has 1 aromatic heterocycles. The summed E-state index contributed by atoms with van der Waals surface area (Å²) < 4.78 is 31.7. The summed E-state index contributed by atoms with van der Waals surface area (Å²) in [4.78, 5) is 24.9. The predicted molar refractivity (Wildman–Crippen MR) is 81.9 cm³/mol. The van der Waals surface area contributed by atoms with E-state index in [1.165, 1.54) is 24.1 Å². The maximum Gasteiger partial charge on any atom is 0.339 e. The van der Waals surface area contributed by atoms with E-state index in [2.05, 4.69) is 0 Å². The zero-order valence-electron chi connectivity index (χ0n) is 13.5. The highest BCUT2D eigenvalue weighted by Crippen LogP contribution is 2.24. The van der Waals surface area contributed by atoms with Gasteiger partial charge in [0.2, 0.25) is 0 Å². The summed E-state index contributed by atoms with van der Waals surface area (Å²) in [5.74, 6) is -3.59. The van der Waals surface area contributed by atoms with Gasteiger partial charge in [-0.15, -0.1) is 0 Å². The van der Waals surface area contributed by atoms with Crippen molar-refractivity contribution in [2.24, 2.45) is 0 Å². The molecule has 2 aromatic rings. The molecule has 1 aromatic carbocycles. The van der Waals surface area contributed by atoms with Gasteiger partial charge in [0, 0.05) is 19.5 Å². The van der Waals surface area contributed by atoms with Crippen LogP contribution in [0.1, 0.15) is 52.1 Å². The lowest BCUT2D eigenvalue weighted by Crippen LogP contribution is -2.29. The molecule has 7 heteroatoms. The third kappa shape index (κ3) is 3.29. The average Bonchev–Trinajstić information content (AvgIpc) is 3.00. The molecule has 0 saturated heterocycles. The normalized spacial score (nSPS) is 12.0. The van der Waals surface area contributed by atoms with Gasteiger partial charge in [-0.05, 0) is 24.6 Å². The van der Waals surface area contributed by atoms with Gasteiger partial charge >= 0.3 is 5.97 Å². The number of hydrogen-bond acceptors (Lipinski definition) is 3. The number of halogens is 2. The second-order valence-electron chi connectivity index (χ2n) is 5.37. The minimum Gasteiger partial charge on any atom is -0.478 e. The second kappa shape index (κ2) is 6.82. The highest BCUT2D eigenvalue weighted by atomic mass is 19.2. The molecule has 0 saturated carbocycles. The quantitative estimate of drug-likeness (QED) is 0.904. The SMILES string of the molecule is CCc1oc(C(=O)N(C)C(C)c2ccc(F)c(F)c2)cc1C(=O)O. The lowest BCUT2D eigenvalue weighted by molar-refractivity contribution is 0.0689. The largest absolute Gasteiger partial charge is 0.478 e. The van der Waals surface area contributed by atoms with Gasteiger partial charge < -0.3 is 14.4 Å². The van der Waals surface area contributed by atoms with Crippen LogP contribution in [0.2, 0.25) is 0 Å². The van der Waals surface area contributed by atoms with E-state index in [1.807, 2.05) is 0 Å². The lowest BCUT2D eigenvalue weighted by Gasteiger charge is -2.24. The third-order valence-corrected chi connectivity index (χ3v) is 3.90. The van der Waals surface area contributed by atoms with Crippen LogP contribution >= 0.6 is 0 Å². The summed E-state index contributed by atoms with van der Waals surface area (Å²) in [6.45, 7) is 3.36. The van der Waals surface area contributed by atoms with Gasteiger partial charge in [0.1, 0.15) is 11.3 Å². The fourth-order valence-corrected chi connectivity index (χ4v) is 2.32. The molecule has 0 fully saturated rings. The van der Waals surface area contributed by atoms with E-state index < -0.39 is 29.6 Å². The molecule has 0 radical (unpaired) electrons. The number of carbonyl (C=O) groups excluding carboxylic acids is 1. The lowest BCUT2D eigenvalue weighted by atomic mass is 10.1. The number of carbonyl (C=O) groups is 2. The van der Waals surface area contributed by atoms with Gasteiger partial charge in [0.25, 0.3) is 5.91 Å². The van der Waals surface area contributed by atoms with Crippen molar-refractivity contribution in [2.75, 3.05) is 7.05 Å².